The van der Waals surface area contributed by atoms with Crippen LogP contribution in [0, 0.1) is 6.92 Å². The van der Waals surface area contributed by atoms with Crippen LogP contribution in [0.2, 0.25) is 0 Å². The van der Waals surface area contributed by atoms with Gasteiger partial charge in [-0.2, -0.15) is 0 Å². The molecule has 1 atom stereocenters. The number of hydrogen-bond donors (Lipinski definition) is 3. The Morgan fingerprint density at radius 3 is 2.59 bits per heavy atom. The van der Waals surface area contributed by atoms with Gasteiger partial charge in [0.15, 0.2) is 5.78 Å². The highest BCUT2D eigenvalue weighted by atomic mass is 16.3. The lowest BCUT2D eigenvalue weighted by Gasteiger charge is -2.13. The fourth-order valence-electron chi connectivity index (χ4n) is 5.11. The number of Topliss-reactive ketones (excluding diaryl/α,β-unsaturated/α-hetero) is 1. The molecule has 3 N–H and O–H groups in total. The van der Waals surface area contributed by atoms with Crippen molar-refractivity contribution < 1.29 is 9.90 Å². The summed E-state index contributed by atoms with van der Waals surface area (Å²) in [4.78, 5) is 18.7. The second-order valence-corrected chi connectivity index (χ2v) is 10.2. The first-order valence-corrected chi connectivity index (χ1v) is 13.4. The summed E-state index contributed by atoms with van der Waals surface area (Å²) in [5.41, 5.74) is 10.3. The van der Waals surface area contributed by atoms with Crippen LogP contribution in [0.5, 0.6) is 0 Å². The number of aromatic nitrogens is 2. The molecule has 1 aliphatic rings. The number of fused-ring (bicyclic) bond motifs is 2. The van der Waals surface area contributed by atoms with E-state index in [9.17, 15) is 9.90 Å². The van der Waals surface area contributed by atoms with Crippen molar-refractivity contribution in [1.82, 2.24) is 9.97 Å². The number of benzene rings is 2. The van der Waals surface area contributed by atoms with Gasteiger partial charge in [-0.25, -0.2) is 0 Å². The van der Waals surface area contributed by atoms with E-state index in [0.29, 0.717) is 18.0 Å². The minimum Gasteiger partial charge on any atom is -0.389 e. The first kappa shape index (κ1) is 26.6. The van der Waals surface area contributed by atoms with Crippen LogP contribution in [-0.4, -0.2) is 27.4 Å². The van der Waals surface area contributed by atoms with Crippen LogP contribution < -0.4 is 5.32 Å². The van der Waals surface area contributed by atoms with Crippen molar-refractivity contribution in [2.45, 2.75) is 72.3 Å². The van der Waals surface area contributed by atoms with E-state index < -0.39 is 6.10 Å². The molecule has 1 aliphatic carbocycles. The number of ketones is 1. The molecule has 0 amide bonds. The fourth-order valence-corrected chi connectivity index (χ4v) is 5.11. The van der Waals surface area contributed by atoms with Crippen LogP contribution in [0.3, 0.4) is 0 Å². The number of aryl methyl sites for hydroxylation is 2. The Bertz CT molecular complexity index is 1380. The van der Waals surface area contributed by atoms with E-state index in [-0.39, 0.29) is 5.78 Å². The fraction of sp³-hybridized carbons (Fsp3) is 0.375. The number of aromatic amines is 1. The lowest BCUT2D eigenvalue weighted by Crippen LogP contribution is -2.06. The van der Waals surface area contributed by atoms with Gasteiger partial charge in [-0.05, 0) is 79.0 Å². The smallest absolute Gasteiger partial charge is 0.181 e. The zero-order chi connectivity index (χ0) is 26.5. The van der Waals surface area contributed by atoms with Gasteiger partial charge >= 0.3 is 0 Å². The zero-order valence-corrected chi connectivity index (χ0v) is 22.7. The van der Waals surface area contributed by atoms with E-state index in [1.807, 2.05) is 18.2 Å². The van der Waals surface area contributed by atoms with Crippen LogP contribution in [0.1, 0.15) is 90.0 Å². The van der Waals surface area contributed by atoms with Crippen LogP contribution in [0.4, 0.5) is 5.69 Å². The highest BCUT2D eigenvalue weighted by Gasteiger charge is 2.22. The molecule has 4 aromatic rings. The van der Waals surface area contributed by atoms with E-state index in [2.05, 4.69) is 73.4 Å². The first-order chi connectivity index (χ1) is 17.8. The van der Waals surface area contributed by atoms with Crippen molar-refractivity contribution in [3.63, 3.8) is 0 Å². The number of pyridine rings is 1. The monoisotopic (exact) mass is 497 g/mol. The number of aliphatic hydroxyl groups is 1. The Kier molecular flexibility index (Phi) is 8.45. The van der Waals surface area contributed by atoms with Gasteiger partial charge in [0, 0.05) is 42.0 Å². The summed E-state index contributed by atoms with van der Waals surface area (Å²) < 4.78 is 0. The van der Waals surface area contributed by atoms with Gasteiger partial charge in [0.25, 0.3) is 0 Å². The molecule has 37 heavy (non-hydrogen) atoms. The van der Waals surface area contributed by atoms with E-state index in [4.69, 9.17) is 0 Å². The van der Waals surface area contributed by atoms with Crippen molar-refractivity contribution in [2.24, 2.45) is 0 Å². The van der Waals surface area contributed by atoms with E-state index in [0.717, 1.165) is 36.9 Å². The first-order valence-electron chi connectivity index (χ1n) is 13.4. The predicted octanol–water partition coefficient (Wildman–Crippen LogP) is 7.08. The summed E-state index contributed by atoms with van der Waals surface area (Å²) in [5, 5.41) is 14.7. The number of rotatable bonds is 7. The SMILES string of the molecule is CCc1ccnc2c1CCC2=O.Cc1cc(C(C)C)ccc1NCCc1c[nH]c2c(C(C)O)cccc12. The molecule has 5 nitrogen and oxygen atoms in total. The van der Waals surface area contributed by atoms with Crippen molar-refractivity contribution in [2.75, 3.05) is 11.9 Å². The quantitative estimate of drug-likeness (QED) is 0.255. The van der Waals surface area contributed by atoms with Crippen molar-refractivity contribution in [3.05, 3.63) is 93.9 Å². The molecule has 2 aromatic heterocycles. The summed E-state index contributed by atoms with van der Waals surface area (Å²) in [6, 6.07) is 14.8. The highest BCUT2D eigenvalue weighted by molar-refractivity contribution is 5.98. The van der Waals surface area contributed by atoms with Gasteiger partial charge in [0.1, 0.15) is 5.69 Å². The maximum atomic E-state index is 11.3. The maximum Gasteiger partial charge on any atom is 0.181 e. The predicted molar refractivity (Wildman–Crippen MR) is 153 cm³/mol. The molecule has 0 bridgehead atoms. The number of para-hydroxylation sites is 1. The van der Waals surface area contributed by atoms with Gasteiger partial charge in [-0.15, -0.1) is 0 Å². The summed E-state index contributed by atoms with van der Waals surface area (Å²) in [6.45, 7) is 11.4. The third-order valence-electron chi connectivity index (χ3n) is 7.31. The molecule has 2 heterocycles. The molecular weight excluding hydrogens is 458 g/mol. The van der Waals surface area contributed by atoms with E-state index in [1.54, 1.807) is 13.1 Å². The summed E-state index contributed by atoms with van der Waals surface area (Å²) >= 11 is 0. The molecule has 5 rings (SSSR count). The number of nitrogens with zero attached hydrogens (tertiary/aromatic N) is 1. The Morgan fingerprint density at radius 1 is 1.08 bits per heavy atom. The third-order valence-corrected chi connectivity index (χ3v) is 7.31. The van der Waals surface area contributed by atoms with Crippen LogP contribution in [0.15, 0.2) is 54.9 Å². The molecule has 0 aliphatic heterocycles. The average molecular weight is 498 g/mol. The number of carbonyl (C=O) groups is 1. The van der Waals surface area contributed by atoms with Gasteiger partial charge in [-0.3, -0.25) is 9.78 Å². The summed E-state index contributed by atoms with van der Waals surface area (Å²) in [5.74, 6) is 0.766. The number of nitrogens with one attached hydrogen (secondary N) is 2. The number of anilines is 1. The van der Waals surface area contributed by atoms with Gasteiger partial charge in [-0.1, -0.05) is 51.1 Å². The van der Waals surface area contributed by atoms with E-state index in [1.165, 1.54) is 38.9 Å². The molecule has 2 aromatic carbocycles. The molecule has 0 saturated carbocycles. The highest BCUT2D eigenvalue weighted by Crippen LogP contribution is 2.27. The van der Waals surface area contributed by atoms with Gasteiger partial charge in [0.2, 0.25) is 0 Å². The molecule has 0 spiro atoms. The number of H-pyrrole nitrogens is 1. The second-order valence-electron chi connectivity index (χ2n) is 10.2. The zero-order valence-electron chi connectivity index (χ0n) is 22.7. The number of carbonyl (C=O) groups excluding carboxylic acids is 1. The Labute approximate surface area is 220 Å². The summed E-state index contributed by atoms with van der Waals surface area (Å²) in [7, 11) is 0. The number of aliphatic hydroxyl groups excluding tert-OH is 1. The topological polar surface area (TPSA) is 78.0 Å². The van der Waals surface area contributed by atoms with Crippen LogP contribution in [0.25, 0.3) is 10.9 Å². The molecule has 0 saturated heterocycles. The normalized spacial score (nSPS) is 13.4. The van der Waals surface area contributed by atoms with Crippen molar-refractivity contribution >= 4 is 22.4 Å². The standard InChI is InChI=1S/C22H28N2O.C10H11NO/c1-14(2)17-8-9-21(15(3)12-17)23-11-10-18-13-24-22-19(16(4)25)6-5-7-20(18)22;1-2-7-5-6-11-10-8(7)3-4-9(10)12/h5-9,12-14,16,23-25H,10-11H2,1-4H3;5-6H,2-4H2,1H3. The third kappa shape index (κ3) is 5.94. The van der Waals surface area contributed by atoms with Crippen LogP contribution >= 0.6 is 0 Å². The molecular formula is C32H39N3O2. The van der Waals surface area contributed by atoms with Crippen LogP contribution in [-0.2, 0) is 19.3 Å². The van der Waals surface area contributed by atoms with Crippen molar-refractivity contribution in [3.8, 4) is 0 Å². The minimum atomic E-state index is -0.463. The Morgan fingerprint density at radius 2 is 1.89 bits per heavy atom. The number of hydrogen-bond acceptors (Lipinski definition) is 4. The largest absolute Gasteiger partial charge is 0.389 e. The lowest BCUT2D eigenvalue weighted by atomic mass is 10.00. The van der Waals surface area contributed by atoms with E-state index >= 15 is 0 Å². The van der Waals surface area contributed by atoms with Crippen molar-refractivity contribution in [1.29, 1.82) is 0 Å². The minimum absolute atomic E-state index is 0.209. The second kappa shape index (κ2) is 11.7. The lowest BCUT2D eigenvalue weighted by molar-refractivity contribution is 0.0990. The van der Waals surface area contributed by atoms with Gasteiger partial charge in [0.05, 0.1) is 11.6 Å². The average Bonchev–Trinajstić information content (AvgIpc) is 3.48. The molecule has 194 valence electrons. The molecule has 0 fully saturated rings. The Balaban J connectivity index is 0.000000222. The molecule has 5 heteroatoms. The Hall–Kier alpha value is -3.44. The summed E-state index contributed by atoms with van der Waals surface area (Å²) in [6.07, 6.45) is 6.82. The molecule has 1 unspecified atom stereocenters. The maximum absolute atomic E-state index is 11.3. The molecule has 0 radical (unpaired) electrons. The van der Waals surface area contributed by atoms with Gasteiger partial charge < -0.3 is 15.4 Å².